The minimum atomic E-state index is -0.606. The number of carboxylic acids is 1. The second-order valence-electron chi connectivity index (χ2n) is 9.34. The van der Waals surface area contributed by atoms with Crippen LogP contribution in [0.2, 0.25) is 0 Å². The molecule has 1 unspecified atom stereocenters. The molecule has 0 fully saturated rings. The maximum atomic E-state index is 12.0. The maximum absolute atomic E-state index is 12.0. The molecule has 0 saturated carbocycles. The normalized spacial score (nSPS) is 12.5. The van der Waals surface area contributed by atoms with Gasteiger partial charge in [0.15, 0.2) is 0 Å². The Hall–Kier alpha value is -0.570. The third kappa shape index (κ3) is 18.2. The van der Waals surface area contributed by atoms with Crippen molar-refractivity contribution in [3.63, 3.8) is 0 Å². The zero-order valence-corrected chi connectivity index (χ0v) is 20.9. The molecule has 0 bridgehead atoms. The van der Waals surface area contributed by atoms with E-state index in [2.05, 4.69) is 25.7 Å². The molecule has 1 N–H and O–H groups in total. The number of carbonyl (C=O) groups is 1. The van der Waals surface area contributed by atoms with Gasteiger partial charge in [0.05, 0.1) is 0 Å². The van der Waals surface area contributed by atoms with E-state index in [0.717, 1.165) is 51.6 Å². The van der Waals surface area contributed by atoms with Crippen LogP contribution in [0, 0.1) is 0 Å². The van der Waals surface area contributed by atoms with E-state index in [1.165, 1.54) is 89.9 Å². The fourth-order valence-electron chi connectivity index (χ4n) is 4.37. The third-order valence-electron chi connectivity index (χ3n) is 6.40. The Kier molecular flexibility index (Phi) is 22.7. The molecule has 0 aliphatic heterocycles. The van der Waals surface area contributed by atoms with Crippen LogP contribution < -0.4 is 0 Å². The van der Waals surface area contributed by atoms with Crippen LogP contribution in [0.4, 0.5) is 0 Å². The van der Waals surface area contributed by atoms with Gasteiger partial charge < -0.3 is 5.11 Å². The molecule has 0 saturated heterocycles. The fourth-order valence-corrected chi connectivity index (χ4v) is 4.37. The lowest BCUT2D eigenvalue weighted by Gasteiger charge is -2.29. The van der Waals surface area contributed by atoms with Crippen molar-refractivity contribution in [1.29, 1.82) is 0 Å². The highest BCUT2D eigenvalue weighted by atomic mass is 16.4. The minimum absolute atomic E-state index is 0.273. The molecule has 0 radical (unpaired) electrons. The highest BCUT2D eigenvalue weighted by molar-refractivity contribution is 5.73. The number of aliphatic carboxylic acids is 1. The summed E-state index contributed by atoms with van der Waals surface area (Å²) in [7, 11) is 0. The van der Waals surface area contributed by atoms with Crippen molar-refractivity contribution >= 4 is 5.97 Å². The Balaban J connectivity index is 4.27. The Bertz CT molecular complexity index is 339. The van der Waals surface area contributed by atoms with E-state index in [-0.39, 0.29) is 6.04 Å². The first-order chi connectivity index (χ1) is 14.7. The van der Waals surface area contributed by atoms with Gasteiger partial charge in [-0.05, 0) is 32.4 Å². The van der Waals surface area contributed by atoms with Gasteiger partial charge in [0.1, 0.15) is 6.04 Å². The van der Waals surface area contributed by atoms with Crippen molar-refractivity contribution in [2.24, 2.45) is 0 Å². The van der Waals surface area contributed by atoms with E-state index >= 15 is 0 Å². The number of carboxylic acid groups (broad SMARTS) is 1. The predicted molar refractivity (Wildman–Crippen MR) is 132 cm³/mol. The van der Waals surface area contributed by atoms with E-state index in [4.69, 9.17) is 0 Å². The van der Waals surface area contributed by atoms with Crippen LogP contribution in [-0.2, 0) is 4.79 Å². The van der Waals surface area contributed by atoms with E-state index in [1.54, 1.807) is 0 Å². The van der Waals surface area contributed by atoms with Crippen molar-refractivity contribution in [1.82, 2.24) is 4.90 Å². The maximum Gasteiger partial charge on any atom is 0.320 e. The quantitative estimate of drug-likeness (QED) is 0.157. The van der Waals surface area contributed by atoms with Gasteiger partial charge in [-0.15, -0.1) is 0 Å². The van der Waals surface area contributed by atoms with E-state index in [1.807, 2.05) is 0 Å². The van der Waals surface area contributed by atoms with Crippen LogP contribution in [0.1, 0.15) is 149 Å². The van der Waals surface area contributed by atoms with E-state index < -0.39 is 5.97 Å². The first-order valence-corrected chi connectivity index (χ1v) is 13.6. The molecule has 1 atom stereocenters. The van der Waals surface area contributed by atoms with Gasteiger partial charge in [-0.1, -0.05) is 130 Å². The number of rotatable bonds is 24. The molecule has 0 aromatic carbocycles. The lowest BCUT2D eigenvalue weighted by molar-refractivity contribution is -0.143. The zero-order chi connectivity index (χ0) is 22.3. The topological polar surface area (TPSA) is 40.5 Å². The lowest BCUT2D eigenvalue weighted by atomic mass is 10.0. The summed E-state index contributed by atoms with van der Waals surface area (Å²) in [6, 6.07) is -0.273. The Morgan fingerprint density at radius 1 is 0.567 bits per heavy atom. The molecule has 0 aromatic rings. The van der Waals surface area contributed by atoms with E-state index in [0.29, 0.717) is 0 Å². The van der Waals surface area contributed by atoms with Gasteiger partial charge in [-0.25, -0.2) is 0 Å². The Morgan fingerprint density at radius 3 is 1.27 bits per heavy atom. The molecule has 180 valence electrons. The fraction of sp³-hybridized carbons (Fsp3) is 0.963. The average molecular weight is 426 g/mol. The summed E-state index contributed by atoms with van der Waals surface area (Å²) < 4.78 is 0. The van der Waals surface area contributed by atoms with Gasteiger partial charge >= 0.3 is 5.97 Å². The van der Waals surface area contributed by atoms with Crippen LogP contribution in [-0.4, -0.2) is 35.1 Å². The van der Waals surface area contributed by atoms with Crippen LogP contribution in [0.15, 0.2) is 0 Å². The van der Waals surface area contributed by atoms with Crippen LogP contribution in [0.3, 0.4) is 0 Å². The van der Waals surface area contributed by atoms with Crippen molar-refractivity contribution < 1.29 is 9.90 Å². The van der Waals surface area contributed by atoms with Crippen LogP contribution in [0.5, 0.6) is 0 Å². The molecule has 0 aromatic heterocycles. The first kappa shape index (κ1) is 29.4. The van der Waals surface area contributed by atoms with Gasteiger partial charge in [0.25, 0.3) is 0 Å². The van der Waals surface area contributed by atoms with Gasteiger partial charge in [-0.3, -0.25) is 9.69 Å². The van der Waals surface area contributed by atoms with Crippen molar-refractivity contribution in [3.05, 3.63) is 0 Å². The summed E-state index contributed by atoms with van der Waals surface area (Å²) >= 11 is 0. The second-order valence-corrected chi connectivity index (χ2v) is 9.34. The molecule has 0 aliphatic rings. The highest BCUT2D eigenvalue weighted by Gasteiger charge is 2.24. The summed E-state index contributed by atoms with van der Waals surface area (Å²) in [5.74, 6) is -0.606. The summed E-state index contributed by atoms with van der Waals surface area (Å²) in [6.45, 7) is 8.65. The molecule has 0 heterocycles. The zero-order valence-electron chi connectivity index (χ0n) is 20.9. The molecule has 0 aliphatic carbocycles. The number of unbranched alkanes of at least 4 members (excludes halogenated alkanes) is 16. The van der Waals surface area contributed by atoms with Crippen LogP contribution in [0.25, 0.3) is 0 Å². The van der Waals surface area contributed by atoms with Crippen molar-refractivity contribution in [2.45, 2.75) is 155 Å². The molecule has 0 amide bonds. The third-order valence-corrected chi connectivity index (χ3v) is 6.40. The van der Waals surface area contributed by atoms with Gasteiger partial charge in [-0.2, -0.15) is 0 Å². The summed E-state index contributed by atoms with van der Waals surface area (Å²) in [4.78, 5) is 14.3. The molecule has 0 rings (SSSR count). The van der Waals surface area contributed by atoms with Crippen molar-refractivity contribution in [2.75, 3.05) is 13.1 Å². The number of nitrogens with zero attached hydrogens (tertiary/aromatic N) is 1. The monoisotopic (exact) mass is 425 g/mol. The summed E-state index contributed by atoms with van der Waals surface area (Å²) in [6.07, 6.45) is 25.1. The molecular formula is C27H55NO2. The largest absolute Gasteiger partial charge is 0.480 e. The number of hydrogen-bond acceptors (Lipinski definition) is 2. The molecule has 3 heteroatoms. The Labute approximate surface area is 189 Å². The minimum Gasteiger partial charge on any atom is -0.480 e. The number of hydrogen-bond donors (Lipinski definition) is 1. The predicted octanol–water partition coefficient (Wildman–Crippen LogP) is 8.60. The lowest BCUT2D eigenvalue weighted by Crippen LogP contribution is -2.42. The summed E-state index contributed by atoms with van der Waals surface area (Å²) in [5, 5.41) is 9.85. The average Bonchev–Trinajstić information content (AvgIpc) is 2.73. The van der Waals surface area contributed by atoms with Crippen molar-refractivity contribution in [3.8, 4) is 0 Å². The van der Waals surface area contributed by atoms with E-state index in [9.17, 15) is 9.90 Å². The molecular weight excluding hydrogens is 370 g/mol. The van der Waals surface area contributed by atoms with Crippen LogP contribution >= 0.6 is 0 Å². The second kappa shape index (κ2) is 23.1. The highest BCUT2D eigenvalue weighted by Crippen LogP contribution is 2.16. The molecule has 0 spiro atoms. The van der Waals surface area contributed by atoms with Gasteiger partial charge in [0.2, 0.25) is 0 Å². The summed E-state index contributed by atoms with van der Waals surface area (Å²) in [5.41, 5.74) is 0. The molecule has 30 heavy (non-hydrogen) atoms. The smallest absolute Gasteiger partial charge is 0.320 e. The standard InChI is InChI=1S/C27H55NO2/c1-4-7-10-12-14-16-18-21-24-28(26(27(29)30)23-20-9-6-3)25-22-19-17-15-13-11-8-5-2/h26H,4-25H2,1-3H3,(H,29,30). The SMILES string of the molecule is CCCCCCCCCCN(CCCCCCCCCC)C(CCCCC)C(=O)O. The first-order valence-electron chi connectivity index (χ1n) is 13.6. The molecule has 3 nitrogen and oxygen atoms in total. The van der Waals surface area contributed by atoms with Gasteiger partial charge in [0, 0.05) is 0 Å². The Morgan fingerprint density at radius 2 is 0.900 bits per heavy atom.